The van der Waals surface area contributed by atoms with Crippen molar-refractivity contribution in [1.82, 2.24) is 4.90 Å². The van der Waals surface area contributed by atoms with Gasteiger partial charge in [-0.1, -0.05) is 5.92 Å². The second-order valence-corrected chi connectivity index (χ2v) is 7.35. The Balaban J connectivity index is 2.37. The number of nitrogens with zero attached hydrogens (tertiary/aromatic N) is 1. The van der Waals surface area contributed by atoms with Crippen LogP contribution in [-0.4, -0.2) is 48.4 Å². The van der Waals surface area contributed by atoms with Crippen LogP contribution in [0.1, 0.15) is 19.4 Å². The Hall–Kier alpha value is -2.44. The van der Waals surface area contributed by atoms with Crippen LogP contribution in [0.2, 0.25) is 0 Å². The number of hydrogen-bond acceptors (Lipinski definition) is 7. The predicted octanol–water partition coefficient (Wildman–Crippen LogP) is 3.46. The lowest BCUT2D eigenvalue weighted by atomic mass is 10.1. The number of terminal acetylenes is 1. The lowest BCUT2D eigenvalue weighted by Crippen LogP contribution is -2.42. The second kappa shape index (κ2) is 9.66. The van der Waals surface area contributed by atoms with E-state index in [1.807, 2.05) is 6.92 Å². The summed E-state index contributed by atoms with van der Waals surface area (Å²) in [6, 6.07) is 2.39. The minimum atomic E-state index is -1.01. The molecule has 1 aromatic carbocycles. The van der Waals surface area contributed by atoms with Crippen molar-refractivity contribution in [3.63, 3.8) is 0 Å². The summed E-state index contributed by atoms with van der Waals surface area (Å²) in [5.41, 5.74) is 0.611. The van der Waals surface area contributed by atoms with Gasteiger partial charge in [-0.3, -0.25) is 14.5 Å². The molecule has 0 aromatic heterocycles. The van der Waals surface area contributed by atoms with Crippen LogP contribution in [0.15, 0.2) is 21.5 Å². The molecular weight excluding hydrogens is 450 g/mol. The molecule has 2 amide bonds. The molecule has 148 valence electrons. The van der Waals surface area contributed by atoms with Crippen LogP contribution in [0.25, 0.3) is 6.08 Å². The lowest BCUT2D eigenvalue weighted by Gasteiger charge is -2.18. The van der Waals surface area contributed by atoms with E-state index in [9.17, 15) is 14.4 Å². The van der Waals surface area contributed by atoms with Gasteiger partial charge in [0.2, 0.25) is 0 Å². The van der Waals surface area contributed by atoms with Gasteiger partial charge in [-0.2, -0.15) is 0 Å². The van der Waals surface area contributed by atoms with Crippen molar-refractivity contribution < 1.29 is 28.6 Å². The van der Waals surface area contributed by atoms with E-state index >= 15 is 0 Å². The highest BCUT2D eigenvalue weighted by Gasteiger charge is 2.41. The van der Waals surface area contributed by atoms with Gasteiger partial charge in [0.15, 0.2) is 11.5 Å². The molecule has 0 saturated carbocycles. The lowest BCUT2D eigenvalue weighted by molar-refractivity contribution is -0.148. The van der Waals surface area contributed by atoms with Gasteiger partial charge in [-0.25, -0.2) is 4.79 Å². The molecule has 9 heteroatoms. The minimum Gasteiger partial charge on any atom is -0.490 e. The molecule has 0 unspecified atom stereocenters. The van der Waals surface area contributed by atoms with Crippen molar-refractivity contribution in [2.24, 2.45) is 0 Å². The number of imide groups is 1. The number of rotatable bonds is 7. The number of thioether (sulfide) groups is 1. The molecule has 1 atom stereocenters. The molecule has 1 aliphatic heterocycles. The summed E-state index contributed by atoms with van der Waals surface area (Å²) < 4.78 is 16.3. The highest BCUT2D eigenvalue weighted by atomic mass is 79.9. The van der Waals surface area contributed by atoms with Gasteiger partial charge in [0.05, 0.1) is 23.1 Å². The molecule has 1 heterocycles. The highest BCUT2D eigenvalue weighted by Crippen LogP contribution is 2.39. The second-order valence-electron chi connectivity index (χ2n) is 5.51. The fraction of sp³-hybridized carbons (Fsp3) is 0.316. The Kier molecular flexibility index (Phi) is 7.54. The van der Waals surface area contributed by atoms with Gasteiger partial charge < -0.3 is 14.2 Å². The van der Waals surface area contributed by atoms with Gasteiger partial charge in [-0.15, -0.1) is 6.42 Å². The van der Waals surface area contributed by atoms with E-state index in [1.54, 1.807) is 18.2 Å². The fourth-order valence-electron chi connectivity index (χ4n) is 2.43. The van der Waals surface area contributed by atoms with Crippen LogP contribution in [0, 0.1) is 12.3 Å². The van der Waals surface area contributed by atoms with Gasteiger partial charge in [0.25, 0.3) is 11.1 Å². The zero-order valence-electron chi connectivity index (χ0n) is 15.5. The maximum absolute atomic E-state index is 12.6. The average molecular weight is 468 g/mol. The van der Waals surface area contributed by atoms with Crippen LogP contribution in [0.4, 0.5) is 4.79 Å². The number of esters is 1. The zero-order valence-corrected chi connectivity index (χ0v) is 17.9. The third kappa shape index (κ3) is 4.69. The molecule has 1 aliphatic rings. The number of benzene rings is 1. The Bertz CT molecular complexity index is 876. The highest BCUT2D eigenvalue weighted by molar-refractivity contribution is 9.10. The van der Waals surface area contributed by atoms with E-state index in [-0.39, 0.29) is 11.5 Å². The first-order valence-corrected chi connectivity index (χ1v) is 9.82. The van der Waals surface area contributed by atoms with Gasteiger partial charge in [0.1, 0.15) is 12.6 Å². The molecule has 0 spiro atoms. The summed E-state index contributed by atoms with van der Waals surface area (Å²) in [4.78, 5) is 37.6. The van der Waals surface area contributed by atoms with Crippen molar-refractivity contribution in [3.8, 4) is 23.8 Å². The summed E-state index contributed by atoms with van der Waals surface area (Å²) >= 11 is 4.16. The van der Waals surface area contributed by atoms with E-state index in [0.717, 1.165) is 16.7 Å². The molecular formula is C19H18BrNO6S. The molecule has 1 aromatic rings. The molecule has 7 nitrogen and oxygen atoms in total. The van der Waals surface area contributed by atoms with Crippen molar-refractivity contribution in [2.45, 2.75) is 19.9 Å². The molecule has 2 rings (SSSR count). The van der Waals surface area contributed by atoms with E-state index in [0.29, 0.717) is 28.1 Å². The summed E-state index contributed by atoms with van der Waals surface area (Å²) in [7, 11) is 1.20. The summed E-state index contributed by atoms with van der Waals surface area (Å²) in [6.45, 7) is 3.73. The third-order valence-corrected chi connectivity index (χ3v) is 5.16. The largest absolute Gasteiger partial charge is 0.490 e. The molecule has 0 N–H and O–H groups in total. The van der Waals surface area contributed by atoms with Gasteiger partial charge in [-0.05, 0) is 65.3 Å². The van der Waals surface area contributed by atoms with Crippen molar-refractivity contribution in [2.75, 3.05) is 20.3 Å². The van der Waals surface area contributed by atoms with Crippen LogP contribution in [0.5, 0.6) is 11.5 Å². The maximum Gasteiger partial charge on any atom is 0.328 e. The summed E-state index contributed by atoms with van der Waals surface area (Å²) in [5.74, 6) is 2.05. The first-order chi connectivity index (χ1) is 13.3. The molecule has 28 heavy (non-hydrogen) atoms. The molecule has 1 fully saturated rings. The van der Waals surface area contributed by atoms with E-state index in [1.165, 1.54) is 14.0 Å². The number of ether oxygens (including phenoxy) is 3. The Morgan fingerprint density at radius 2 is 2.11 bits per heavy atom. The SMILES string of the molecule is C#CCOc1c(Br)cc(/C=C2/SC(=O)N([C@H](C)C(=O)OC)C2=O)cc1OCC. The quantitative estimate of drug-likeness (QED) is 0.345. The molecule has 0 radical (unpaired) electrons. The third-order valence-electron chi connectivity index (χ3n) is 3.68. The number of carbonyl (C=O) groups is 3. The van der Waals surface area contributed by atoms with E-state index in [2.05, 4.69) is 26.6 Å². The fourth-order valence-corrected chi connectivity index (χ4v) is 3.91. The van der Waals surface area contributed by atoms with Gasteiger partial charge >= 0.3 is 5.97 Å². The zero-order chi connectivity index (χ0) is 20.8. The van der Waals surface area contributed by atoms with Crippen LogP contribution < -0.4 is 9.47 Å². The number of hydrogen-bond donors (Lipinski definition) is 0. The average Bonchev–Trinajstić information content (AvgIpc) is 2.93. The standard InChI is InChI=1S/C19H18BrNO6S/c1-5-7-27-16-13(20)8-12(9-14(16)26-6-2)10-15-17(22)21(19(24)28-15)11(3)18(23)25-4/h1,8-11H,6-7H2,2-4H3/b15-10+/t11-/m1/s1. The predicted molar refractivity (Wildman–Crippen MR) is 109 cm³/mol. The van der Waals surface area contributed by atoms with Crippen LogP contribution in [-0.2, 0) is 14.3 Å². The number of halogens is 1. The Labute approximate surface area is 175 Å². The minimum absolute atomic E-state index is 0.0718. The van der Waals surface area contributed by atoms with Crippen LogP contribution >= 0.6 is 27.7 Å². The van der Waals surface area contributed by atoms with Gasteiger partial charge in [0, 0.05) is 0 Å². The maximum atomic E-state index is 12.6. The monoisotopic (exact) mass is 467 g/mol. The first-order valence-electron chi connectivity index (χ1n) is 8.21. The Morgan fingerprint density at radius 1 is 1.39 bits per heavy atom. The van der Waals surface area contributed by atoms with E-state index in [4.69, 9.17) is 15.9 Å². The summed E-state index contributed by atoms with van der Waals surface area (Å²) in [5, 5.41) is -0.535. The molecule has 0 aliphatic carbocycles. The van der Waals surface area contributed by atoms with Crippen LogP contribution in [0.3, 0.4) is 0 Å². The van der Waals surface area contributed by atoms with Crippen molar-refractivity contribution >= 4 is 50.9 Å². The Morgan fingerprint density at radius 3 is 2.71 bits per heavy atom. The topological polar surface area (TPSA) is 82.1 Å². The van der Waals surface area contributed by atoms with E-state index < -0.39 is 23.2 Å². The molecule has 1 saturated heterocycles. The summed E-state index contributed by atoms with van der Waals surface area (Å²) in [6.07, 6.45) is 6.78. The number of methoxy groups -OCH3 is 1. The number of amides is 2. The first kappa shape index (κ1) is 21.9. The number of carbonyl (C=O) groups excluding carboxylic acids is 3. The normalized spacial score (nSPS) is 16.1. The van der Waals surface area contributed by atoms with Crippen molar-refractivity contribution in [1.29, 1.82) is 0 Å². The molecule has 0 bridgehead atoms. The smallest absolute Gasteiger partial charge is 0.328 e. The van der Waals surface area contributed by atoms with Crippen molar-refractivity contribution in [3.05, 3.63) is 27.1 Å².